The maximum absolute atomic E-state index is 8.62. The summed E-state index contributed by atoms with van der Waals surface area (Å²) in [5.41, 5.74) is 1.09. The van der Waals surface area contributed by atoms with Crippen LogP contribution in [0.1, 0.15) is 25.5 Å². The quantitative estimate of drug-likeness (QED) is 0.607. The van der Waals surface area contributed by atoms with E-state index < -0.39 is 0 Å². The molecule has 0 amide bonds. The Morgan fingerprint density at radius 1 is 1.69 bits per heavy atom. The summed E-state index contributed by atoms with van der Waals surface area (Å²) < 4.78 is 0. The molecule has 1 aromatic rings. The second-order valence-electron chi connectivity index (χ2n) is 3.22. The molecule has 0 aromatic carbocycles. The number of aromatic amines is 1. The highest BCUT2D eigenvalue weighted by molar-refractivity contribution is 4.93. The molecule has 74 valence electrons. The topological polar surface area (TPSA) is 60.9 Å². The highest BCUT2D eigenvalue weighted by atomic mass is 16.2. The maximum Gasteiger partial charge on any atom is 0.0922 e. The Hall–Kier alpha value is -0.870. The van der Waals surface area contributed by atoms with Crippen molar-refractivity contribution in [2.24, 2.45) is 0 Å². The Balaban J connectivity index is 2.11. The Labute approximate surface area is 78.4 Å². The third-order valence-corrected chi connectivity index (χ3v) is 1.99. The number of hydrogen-bond acceptors (Lipinski definition) is 3. The van der Waals surface area contributed by atoms with Gasteiger partial charge in [0.05, 0.1) is 6.33 Å². The zero-order valence-corrected chi connectivity index (χ0v) is 7.95. The number of rotatable bonds is 6. The maximum atomic E-state index is 8.62. The van der Waals surface area contributed by atoms with Crippen molar-refractivity contribution in [3.8, 4) is 0 Å². The average Bonchev–Trinajstić information content (AvgIpc) is 2.64. The van der Waals surface area contributed by atoms with E-state index in [0.29, 0.717) is 6.04 Å². The molecule has 3 N–H and O–H groups in total. The molecule has 0 radical (unpaired) electrons. The number of aliphatic hydroxyl groups is 1. The van der Waals surface area contributed by atoms with Crippen LogP contribution in [0.3, 0.4) is 0 Å². The second-order valence-corrected chi connectivity index (χ2v) is 3.22. The standard InChI is InChI=1S/C9H17N3O/c1-8(3-2-4-13)11-6-9-5-10-7-12-9/h5,7-8,11,13H,2-4,6H2,1H3,(H,10,12). The van der Waals surface area contributed by atoms with Crippen molar-refractivity contribution in [3.05, 3.63) is 18.2 Å². The molecule has 0 aliphatic carbocycles. The van der Waals surface area contributed by atoms with Crippen LogP contribution >= 0.6 is 0 Å². The highest BCUT2D eigenvalue weighted by Crippen LogP contribution is 1.97. The van der Waals surface area contributed by atoms with Gasteiger partial charge in [-0.05, 0) is 19.8 Å². The van der Waals surface area contributed by atoms with Crippen LogP contribution in [0.4, 0.5) is 0 Å². The third-order valence-electron chi connectivity index (χ3n) is 1.99. The molecule has 1 atom stereocenters. The Morgan fingerprint density at radius 2 is 2.54 bits per heavy atom. The molecule has 13 heavy (non-hydrogen) atoms. The van der Waals surface area contributed by atoms with Crippen LogP contribution in [0, 0.1) is 0 Å². The van der Waals surface area contributed by atoms with Crippen molar-refractivity contribution in [2.45, 2.75) is 32.4 Å². The first-order valence-electron chi connectivity index (χ1n) is 4.64. The van der Waals surface area contributed by atoms with Gasteiger partial charge in [-0.15, -0.1) is 0 Å². The van der Waals surface area contributed by atoms with Gasteiger partial charge in [0.15, 0.2) is 0 Å². The van der Waals surface area contributed by atoms with Crippen molar-refractivity contribution >= 4 is 0 Å². The molecular weight excluding hydrogens is 166 g/mol. The van der Waals surface area contributed by atoms with E-state index >= 15 is 0 Å². The molecule has 0 aliphatic rings. The van der Waals surface area contributed by atoms with Crippen LogP contribution in [0.15, 0.2) is 12.5 Å². The van der Waals surface area contributed by atoms with Crippen molar-refractivity contribution in [1.82, 2.24) is 15.3 Å². The first-order valence-corrected chi connectivity index (χ1v) is 4.64. The lowest BCUT2D eigenvalue weighted by Crippen LogP contribution is -2.25. The molecule has 1 rings (SSSR count). The molecule has 1 heterocycles. The molecule has 0 saturated heterocycles. The van der Waals surface area contributed by atoms with Crippen molar-refractivity contribution in [1.29, 1.82) is 0 Å². The SMILES string of the molecule is CC(CCCO)NCc1cnc[nH]1. The Morgan fingerprint density at radius 3 is 3.15 bits per heavy atom. The van der Waals surface area contributed by atoms with Crippen molar-refractivity contribution in [3.63, 3.8) is 0 Å². The predicted octanol–water partition coefficient (Wildman–Crippen LogP) is 0.660. The van der Waals surface area contributed by atoms with Gasteiger partial charge >= 0.3 is 0 Å². The largest absolute Gasteiger partial charge is 0.396 e. The van der Waals surface area contributed by atoms with E-state index in [1.165, 1.54) is 0 Å². The number of aromatic nitrogens is 2. The van der Waals surface area contributed by atoms with E-state index in [0.717, 1.165) is 25.1 Å². The van der Waals surface area contributed by atoms with Gasteiger partial charge in [0.1, 0.15) is 0 Å². The van der Waals surface area contributed by atoms with Crippen LogP contribution in [-0.4, -0.2) is 27.7 Å². The van der Waals surface area contributed by atoms with Crippen LogP contribution in [-0.2, 0) is 6.54 Å². The molecule has 4 nitrogen and oxygen atoms in total. The molecule has 1 unspecified atom stereocenters. The summed E-state index contributed by atoms with van der Waals surface area (Å²) in [6.07, 6.45) is 5.35. The molecule has 1 aromatic heterocycles. The lowest BCUT2D eigenvalue weighted by atomic mass is 10.2. The van der Waals surface area contributed by atoms with Gasteiger partial charge in [-0.3, -0.25) is 0 Å². The van der Waals surface area contributed by atoms with Gasteiger partial charge in [-0.1, -0.05) is 0 Å². The summed E-state index contributed by atoms with van der Waals surface area (Å²) in [7, 11) is 0. The van der Waals surface area contributed by atoms with Gasteiger partial charge in [-0.2, -0.15) is 0 Å². The fraction of sp³-hybridized carbons (Fsp3) is 0.667. The zero-order valence-electron chi connectivity index (χ0n) is 7.95. The first-order chi connectivity index (χ1) is 6.33. The van der Waals surface area contributed by atoms with Crippen LogP contribution in [0.5, 0.6) is 0 Å². The normalized spacial score (nSPS) is 13.1. The van der Waals surface area contributed by atoms with E-state index in [1.54, 1.807) is 6.33 Å². The fourth-order valence-corrected chi connectivity index (χ4v) is 1.17. The summed E-state index contributed by atoms with van der Waals surface area (Å²) in [6.45, 7) is 3.20. The second kappa shape index (κ2) is 5.72. The number of hydrogen-bond donors (Lipinski definition) is 3. The molecule has 0 saturated carbocycles. The number of nitrogens with one attached hydrogen (secondary N) is 2. The Bertz CT molecular complexity index is 211. The highest BCUT2D eigenvalue weighted by Gasteiger charge is 2.00. The molecule has 4 heteroatoms. The summed E-state index contributed by atoms with van der Waals surface area (Å²) in [5.74, 6) is 0. The number of imidazole rings is 1. The van der Waals surface area contributed by atoms with E-state index in [-0.39, 0.29) is 6.61 Å². The van der Waals surface area contributed by atoms with Gasteiger partial charge < -0.3 is 15.4 Å². The third kappa shape index (κ3) is 4.05. The zero-order chi connectivity index (χ0) is 9.52. The van der Waals surface area contributed by atoms with Gasteiger partial charge in [0.2, 0.25) is 0 Å². The summed E-state index contributed by atoms with van der Waals surface area (Å²) in [4.78, 5) is 6.95. The monoisotopic (exact) mass is 183 g/mol. The summed E-state index contributed by atoms with van der Waals surface area (Å²) in [6, 6.07) is 0.440. The smallest absolute Gasteiger partial charge is 0.0922 e. The van der Waals surface area contributed by atoms with E-state index in [9.17, 15) is 0 Å². The number of nitrogens with zero attached hydrogens (tertiary/aromatic N) is 1. The summed E-state index contributed by atoms with van der Waals surface area (Å²) >= 11 is 0. The van der Waals surface area contributed by atoms with Crippen molar-refractivity contribution < 1.29 is 5.11 Å². The van der Waals surface area contributed by atoms with Crippen molar-refractivity contribution in [2.75, 3.05) is 6.61 Å². The van der Waals surface area contributed by atoms with Crippen LogP contribution < -0.4 is 5.32 Å². The average molecular weight is 183 g/mol. The molecular formula is C9H17N3O. The van der Waals surface area contributed by atoms with E-state index in [4.69, 9.17) is 5.11 Å². The molecule has 0 fully saturated rings. The predicted molar refractivity (Wildman–Crippen MR) is 51.2 cm³/mol. The number of H-pyrrole nitrogens is 1. The minimum Gasteiger partial charge on any atom is -0.396 e. The van der Waals surface area contributed by atoms with Gasteiger partial charge in [0, 0.05) is 31.1 Å². The fourth-order valence-electron chi connectivity index (χ4n) is 1.17. The van der Waals surface area contributed by atoms with E-state index in [2.05, 4.69) is 22.2 Å². The first kappa shape index (κ1) is 10.2. The minimum atomic E-state index is 0.274. The van der Waals surface area contributed by atoms with Gasteiger partial charge in [-0.25, -0.2) is 4.98 Å². The van der Waals surface area contributed by atoms with E-state index in [1.807, 2.05) is 6.20 Å². The van der Waals surface area contributed by atoms with Gasteiger partial charge in [0.25, 0.3) is 0 Å². The lowest BCUT2D eigenvalue weighted by Gasteiger charge is -2.11. The summed E-state index contributed by atoms with van der Waals surface area (Å²) in [5, 5.41) is 12.0. The lowest BCUT2D eigenvalue weighted by molar-refractivity contribution is 0.276. The molecule has 0 spiro atoms. The van der Waals surface area contributed by atoms with Crippen LogP contribution in [0.25, 0.3) is 0 Å². The minimum absolute atomic E-state index is 0.274. The molecule has 0 aliphatic heterocycles. The van der Waals surface area contributed by atoms with Crippen LogP contribution in [0.2, 0.25) is 0 Å². The number of aliphatic hydroxyl groups excluding tert-OH is 1. The molecule has 0 bridgehead atoms. The Kier molecular flexibility index (Phi) is 4.49.